The van der Waals surface area contributed by atoms with E-state index in [1.807, 2.05) is 46.9 Å². The third-order valence-electron chi connectivity index (χ3n) is 18.7. The molecule has 0 aliphatic heterocycles. The lowest BCUT2D eigenvalue weighted by Gasteiger charge is -2.23. The molecule has 6 heteroatoms. The van der Waals surface area contributed by atoms with E-state index in [4.69, 9.17) is 9.47 Å². The molecule has 0 fully saturated rings. The van der Waals surface area contributed by atoms with Gasteiger partial charge in [-0.05, 0) is 159 Å². The first-order valence-corrected chi connectivity index (χ1v) is 32.7. The molecule has 0 aliphatic rings. The molecule has 92 heavy (non-hydrogen) atoms. The van der Waals surface area contributed by atoms with Crippen LogP contribution in [0, 0.1) is 0 Å². The van der Waals surface area contributed by atoms with Crippen LogP contribution in [0.2, 0.25) is 0 Å². The molecule has 2 N–H and O–H groups in total. The first-order valence-electron chi connectivity index (χ1n) is 31.1. The molecule has 0 bridgehead atoms. The van der Waals surface area contributed by atoms with Crippen molar-refractivity contribution in [3.63, 3.8) is 0 Å². The molecule has 16 aromatic carbocycles. The van der Waals surface area contributed by atoms with Crippen LogP contribution >= 0.6 is 22.7 Å². The third-order valence-corrected chi connectivity index (χ3v) is 21.1. The summed E-state index contributed by atoms with van der Waals surface area (Å²) in [6, 6.07) is 104. The molecule has 434 valence electrons. The first-order chi connectivity index (χ1) is 45.5. The topological polar surface area (TPSA) is 58.9 Å². The number of ether oxygens (including phenoxy) is 2. The highest BCUT2D eigenvalue weighted by atomic mass is 32.1. The van der Waals surface area contributed by atoms with Crippen molar-refractivity contribution >= 4 is 128 Å². The molecule has 4 nitrogen and oxygen atoms in total. The van der Waals surface area contributed by atoms with Gasteiger partial charge in [0.25, 0.3) is 0 Å². The van der Waals surface area contributed by atoms with E-state index >= 15 is 0 Å². The predicted octanol–water partition coefficient (Wildman–Crippen LogP) is 24.2. The summed E-state index contributed by atoms with van der Waals surface area (Å²) in [5.74, 6) is 2.61. The minimum atomic E-state index is -0.147. The largest absolute Gasteiger partial charge is 0.455 e. The minimum Gasteiger partial charge on any atom is -0.455 e. The van der Waals surface area contributed by atoms with E-state index in [9.17, 15) is 10.2 Å². The molecule has 0 saturated heterocycles. The zero-order valence-corrected chi connectivity index (χ0v) is 51.3. The standard InChI is InChI=1S/C86H54O4S2/c87-49-61-47-75(59-33-31-51-15-1-3-17-53(51)43-59)83(71-23-7-5-19-63(61)71)89-77-41-37-55-45-57(67-25-13-27-73-69-21-9-11-29-79(69)91-85(67)73)35-39-65(55)81(77)82-66-40-36-58(68-26-14-28-74-70-22-10-12-30-80(70)92-86(68)74)46-56(66)38-42-78(82)90-84-72-24-8-6-20-64(72)62(50-88)48-76(84)60-34-32-52-16-2-4-18-54(52)44-60/h1-48,87-88H,49-50H2. The molecule has 0 unspecified atom stereocenters. The van der Waals surface area contributed by atoms with Crippen molar-refractivity contribution in [1.82, 2.24) is 0 Å². The van der Waals surface area contributed by atoms with E-state index < -0.39 is 0 Å². The van der Waals surface area contributed by atoms with Gasteiger partial charge in [0.05, 0.1) is 13.2 Å². The smallest absolute Gasteiger partial charge is 0.143 e. The Bertz CT molecular complexity index is 5700. The van der Waals surface area contributed by atoms with E-state index in [1.165, 1.54) is 51.5 Å². The van der Waals surface area contributed by atoms with E-state index in [0.29, 0.717) is 23.0 Å². The number of hydrogen-bond donors (Lipinski definition) is 2. The highest BCUT2D eigenvalue weighted by Gasteiger charge is 2.26. The van der Waals surface area contributed by atoms with Gasteiger partial charge in [-0.2, -0.15) is 0 Å². The van der Waals surface area contributed by atoms with Crippen LogP contribution in [-0.2, 0) is 13.2 Å². The van der Waals surface area contributed by atoms with Gasteiger partial charge in [-0.25, -0.2) is 0 Å². The van der Waals surface area contributed by atoms with Gasteiger partial charge in [-0.15, -0.1) is 22.7 Å². The predicted molar refractivity (Wildman–Crippen MR) is 389 cm³/mol. The molecule has 0 radical (unpaired) electrons. The molecular formula is C86H54O4S2. The van der Waals surface area contributed by atoms with E-state index in [2.05, 4.69) is 267 Å². The van der Waals surface area contributed by atoms with Gasteiger partial charge in [0, 0.05) is 73.4 Å². The molecule has 0 aliphatic carbocycles. The fraction of sp³-hybridized carbons (Fsp3) is 0.0233. The molecule has 0 atom stereocenters. The first kappa shape index (κ1) is 54.0. The third kappa shape index (κ3) is 8.86. The van der Waals surface area contributed by atoms with E-state index in [1.54, 1.807) is 0 Å². The lowest BCUT2D eigenvalue weighted by atomic mass is 9.89. The van der Waals surface area contributed by atoms with E-state index in [-0.39, 0.29) is 13.2 Å². The van der Waals surface area contributed by atoms with Crippen molar-refractivity contribution < 1.29 is 19.7 Å². The summed E-state index contributed by atoms with van der Waals surface area (Å²) in [5.41, 5.74) is 11.6. The Morgan fingerprint density at radius 1 is 0.250 bits per heavy atom. The van der Waals surface area contributed by atoms with Crippen molar-refractivity contribution in [2.45, 2.75) is 13.2 Å². The van der Waals surface area contributed by atoms with E-state index in [0.717, 1.165) is 120 Å². The molecule has 0 spiro atoms. The monoisotopic (exact) mass is 1210 g/mol. The second-order valence-electron chi connectivity index (χ2n) is 23.9. The lowest BCUT2D eigenvalue weighted by Crippen LogP contribution is -1.99. The van der Waals surface area contributed by atoms with Crippen LogP contribution in [0.15, 0.2) is 291 Å². The van der Waals surface area contributed by atoms with Crippen molar-refractivity contribution in [2.24, 2.45) is 0 Å². The zero-order valence-electron chi connectivity index (χ0n) is 49.7. The average Bonchev–Trinajstić information content (AvgIpc) is 1.24. The second-order valence-corrected chi connectivity index (χ2v) is 26.0. The molecule has 0 saturated carbocycles. The fourth-order valence-electron chi connectivity index (χ4n) is 14.3. The Morgan fingerprint density at radius 2 is 0.598 bits per heavy atom. The molecule has 18 aromatic rings. The van der Waals surface area contributed by atoms with Crippen LogP contribution in [0.25, 0.3) is 161 Å². The number of rotatable bonds is 11. The van der Waals surface area contributed by atoms with Gasteiger partial charge < -0.3 is 19.7 Å². The van der Waals surface area contributed by atoms with Gasteiger partial charge >= 0.3 is 0 Å². The summed E-state index contributed by atoms with van der Waals surface area (Å²) in [4.78, 5) is 0. The number of aliphatic hydroxyl groups is 2. The van der Waals surface area contributed by atoms with Gasteiger partial charge in [0.15, 0.2) is 0 Å². The van der Waals surface area contributed by atoms with Crippen LogP contribution in [0.1, 0.15) is 11.1 Å². The fourth-order valence-corrected chi connectivity index (χ4v) is 16.8. The summed E-state index contributed by atoms with van der Waals surface area (Å²) in [5, 5.41) is 39.4. The Kier molecular flexibility index (Phi) is 12.9. The van der Waals surface area contributed by atoms with Crippen LogP contribution in [0.4, 0.5) is 0 Å². The molecule has 0 amide bonds. The van der Waals surface area contributed by atoms with Crippen LogP contribution in [-0.4, -0.2) is 10.2 Å². The molecule has 2 aromatic heterocycles. The van der Waals surface area contributed by atoms with Gasteiger partial charge in [0.1, 0.15) is 23.0 Å². The summed E-state index contributed by atoms with van der Waals surface area (Å²) in [6.45, 7) is -0.295. The summed E-state index contributed by atoms with van der Waals surface area (Å²) in [7, 11) is 0. The highest BCUT2D eigenvalue weighted by molar-refractivity contribution is 7.26. The minimum absolute atomic E-state index is 0.147. The normalized spacial score (nSPS) is 11.9. The molecule has 18 rings (SSSR count). The van der Waals surface area contributed by atoms with Crippen molar-refractivity contribution in [3.8, 4) is 78.6 Å². The van der Waals surface area contributed by atoms with Gasteiger partial charge in [0.2, 0.25) is 0 Å². The highest BCUT2D eigenvalue weighted by Crippen LogP contribution is 2.54. The maximum atomic E-state index is 11.2. The quantitative estimate of drug-likeness (QED) is 0.135. The number of aliphatic hydroxyl groups excluding tert-OH is 2. The summed E-state index contributed by atoms with van der Waals surface area (Å²) < 4.78 is 20.8. The Labute approximate surface area is 537 Å². The molecular weight excluding hydrogens is 1160 g/mol. The number of hydrogen-bond acceptors (Lipinski definition) is 6. The number of fused-ring (bicyclic) bond motifs is 12. The van der Waals surface area contributed by atoms with Gasteiger partial charge in [-0.1, -0.05) is 231 Å². The Balaban J connectivity index is 0.930. The van der Waals surface area contributed by atoms with Crippen molar-refractivity contribution in [1.29, 1.82) is 0 Å². The maximum Gasteiger partial charge on any atom is 0.143 e. The average molecular weight is 1220 g/mol. The number of thiophene rings is 2. The molecule has 2 heterocycles. The lowest BCUT2D eigenvalue weighted by molar-refractivity contribution is 0.283. The van der Waals surface area contributed by atoms with Gasteiger partial charge in [-0.3, -0.25) is 0 Å². The maximum absolute atomic E-state index is 11.2. The van der Waals surface area contributed by atoms with Crippen LogP contribution in [0.3, 0.4) is 0 Å². The second kappa shape index (κ2) is 21.9. The SMILES string of the molecule is OCc1cc(-c2ccc3ccccc3c2)c(Oc2ccc3cc(-c4cccc5c4sc4ccccc45)ccc3c2-c2c(Oc3c(-c4ccc5ccccc5c4)cc(CO)c4ccccc34)ccc3cc(-c4cccc5c4sc4ccccc45)ccc23)c2ccccc12. The summed E-state index contributed by atoms with van der Waals surface area (Å²) >= 11 is 3.68. The zero-order chi connectivity index (χ0) is 61.0. The van der Waals surface area contributed by atoms with Crippen molar-refractivity contribution in [2.75, 3.05) is 0 Å². The van der Waals surface area contributed by atoms with Crippen molar-refractivity contribution in [3.05, 3.63) is 302 Å². The Hall–Kier alpha value is -11.0. The van der Waals surface area contributed by atoms with Crippen LogP contribution in [0.5, 0.6) is 23.0 Å². The summed E-state index contributed by atoms with van der Waals surface area (Å²) in [6.07, 6.45) is 0. The van der Waals surface area contributed by atoms with Crippen LogP contribution < -0.4 is 9.47 Å². The number of benzene rings is 16. The Morgan fingerprint density at radius 3 is 1.04 bits per heavy atom.